The number of hydrogen-bond acceptors (Lipinski definition) is 6. The number of aromatic carboxylic acids is 1. The monoisotopic (exact) mass is 348 g/mol. The lowest BCUT2D eigenvalue weighted by atomic mass is 10.1. The maximum absolute atomic E-state index is 11.1. The molecule has 0 saturated carbocycles. The second-order valence-corrected chi connectivity index (χ2v) is 7.47. The maximum Gasteiger partial charge on any atom is 0.345 e. The predicted molar refractivity (Wildman–Crippen MR) is 94.0 cm³/mol. The number of benzene rings is 1. The Morgan fingerprint density at radius 2 is 2.05 bits per heavy atom. The van der Waals surface area contributed by atoms with Crippen molar-refractivity contribution >= 4 is 46.1 Å². The van der Waals surface area contributed by atoms with Crippen LogP contribution in [0.4, 0.5) is 5.69 Å². The van der Waals surface area contributed by atoms with Gasteiger partial charge in [-0.05, 0) is 24.5 Å². The Balaban J connectivity index is 2.00. The largest absolute Gasteiger partial charge is 0.477 e. The number of carboxylic acid groups (broad SMARTS) is 1. The number of carboxylic acids is 1. The summed E-state index contributed by atoms with van der Waals surface area (Å²) in [6.07, 6.45) is 1.94. The molecule has 22 heavy (non-hydrogen) atoms. The lowest BCUT2D eigenvalue weighted by Gasteiger charge is -1.98. The smallest absolute Gasteiger partial charge is 0.345 e. The van der Waals surface area contributed by atoms with Crippen LogP contribution < -0.4 is 5.73 Å². The Morgan fingerprint density at radius 1 is 1.32 bits per heavy atom. The molecule has 0 aliphatic heterocycles. The molecule has 3 N–H and O–H groups in total. The van der Waals surface area contributed by atoms with Crippen LogP contribution in [0.25, 0.3) is 21.8 Å². The van der Waals surface area contributed by atoms with Crippen LogP contribution in [0.15, 0.2) is 39.9 Å². The van der Waals surface area contributed by atoms with E-state index in [2.05, 4.69) is 4.98 Å². The average molecular weight is 348 g/mol. The van der Waals surface area contributed by atoms with E-state index in [0.717, 1.165) is 26.0 Å². The zero-order valence-corrected chi connectivity index (χ0v) is 14.0. The zero-order valence-electron chi connectivity index (χ0n) is 11.6. The highest BCUT2D eigenvalue weighted by molar-refractivity contribution is 8.00. The van der Waals surface area contributed by atoms with Crippen molar-refractivity contribution in [3.63, 3.8) is 0 Å². The summed E-state index contributed by atoms with van der Waals surface area (Å²) in [5.74, 6) is -0.901. The van der Waals surface area contributed by atoms with Gasteiger partial charge in [-0.2, -0.15) is 0 Å². The standard InChI is InChI=1S/C15H12N2O2S3/c1-20-15-10(6-12(22-15)14(18)19)13-17-11(7-21-13)8-2-4-9(16)5-3-8/h2-7H,16H2,1H3,(H,18,19). The normalized spacial score (nSPS) is 10.8. The Bertz CT molecular complexity index is 822. The van der Waals surface area contributed by atoms with Gasteiger partial charge in [-0.3, -0.25) is 0 Å². The van der Waals surface area contributed by atoms with E-state index in [1.165, 1.54) is 22.7 Å². The number of thiophene rings is 1. The highest BCUT2D eigenvalue weighted by Gasteiger charge is 2.17. The molecule has 2 aromatic heterocycles. The van der Waals surface area contributed by atoms with Crippen molar-refractivity contribution in [2.45, 2.75) is 4.21 Å². The Labute approximate surface area is 139 Å². The number of nitrogens with zero attached hydrogens (tertiary/aromatic N) is 1. The molecule has 0 unspecified atom stereocenters. The fourth-order valence-corrected chi connectivity index (χ4v) is 4.65. The van der Waals surface area contributed by atoms with Crippen molar-refractivity contribution in [2.24, 2.45) is 0 Å². The van der Waals surface area contributed by atoms with Crippen LogP contribution in [0.2, 0.25) is 0 Å². The predicted octanol–water partition coefficient (Wildman–Crippen LogP) is 4.54. The minimum Gasteiger partial charge on any atom is -0.477 e. The third-order valence-corrected chi connectivity index (χ3v) is 6.17. The van der Waals surface area contributed by atoms with Crippen LogP contribution in [0, 0.1) is 0 Å². The Morgan fingerprint density at radius 3 is 2.68 bits per heavy atom. The van der Waals surface area contributed by atoms with E-state index in [1.807, 2.05) is 35.9 Å². The van der Waals surface area contributed by atoms with Crippen molar-refractivity contribution in [1.82, 2.24) is 4.98 Å². The van der Waals surface area contributed by atoms with Crippen LogP contribution >= 0.6 is 34.4 Å². The molecule has 0 radical (unpaired) electrons. The minimum atomic E-state index is -0.901. The van der Waals surface area contributed by atoms with Crippen molar-refractivity contribution in [3.05, 3.63) is 40.6 Å². The molecule has 0 atom stereocenters. The van der Waals surface area contributed by atoms with Gasteiger partial charge in [0.15, 0.2) is 0 Å². The lowest BCUT2D eigenvalue weighted by Crippen LogP contribution is -1.89. The Kier molecular flexibility index (Phi) is 4.19. The minimum absolute atomic E-state index is 0.337. The van der Waals surface area contributed by atoms with Crippen molar-refractivity contribution in [2.75, 3.05) is 12.0 Å². The van der Waals surface area contributed by atoms with Gasteiger partial charge in [0.2, 0.25) is 0 Å². The number of hydrogen-bond donors (Lipinski definition) is 2. The highest BCUT2D eigenvalue weighted by atomic mass is 32.2. The molecule has 2 heterocycles. The molecule has 0 bridgehead atoms. The number of aromatic nitrogens is 1. The first kappa shape index (κ1) is 15.1. The zero-order chi connectivity index (χ0) is 15.7. The van der Waals surface area contributed by atoms with Gasteiger partial charge < -0.3 is 10.8 Å². The molecule has 0 fully saturated rings. The second-order valence-electron chi connectivity index (χ2n) is 4.48. The van der Waals surface area contributed by atoms with Gasteiger partial charge in [-0.1, -0.05) is 12.1 Å². The second kappa shape index (κ2) is 6.12. The van der Waals surface area contributed by atoms with Crippen molar-refractivity contribution in [3.8, 4) is 21.8 Å². The van der Waals surface area contributed by atoms with Crippen molar-refractivity contribution < 1.29 is 9.90 Å². The molecule has 0 aliphatic rings. The first-order valence-electron chi connectivity index (χ1n) is 6.31. The summed E-state index contributed by atoms with van der Waals surface area (Å²) in [4.78, 5) is 16.1. The van der Waals surface area contributed by atoms with E-state index in [0.29, 0.717) is 10.6 Å². The average Bonchev–Trinajstić information content (AvgIpc) is 3.14. The topological polar surface area (TPSA) is 76.2 Å². The Hall–Kier alpha value is -1.83. The summed E-state index contributed by atoms with van der Waals surface area (Å²) in [7, 11) is 0. The first-order chi connectivity index (χ1) is 10.6. The van der Waals surface area contributed by atoms with Gasteiger partial charge in [0.05, 0.1) is 9.90 Å². The molecule has 4 nitrogen and oxygen atoms in total. The molecule has 0 amide bonds. The van der Waals surface area contributed by atoms with Gasteiger partial charge in [0.1, 0.15) is 9.88 Å². The fourth-order valence-electron chi connectivity index (χ4n) is 1.96. The van der Waals surface area contributed by atoms with E-state index >= 15 is 0 Å². The van der Waals surface area contributed by atoms with Gasteiger partial charge in [0.25, 0.3) is 0 Å². The van der Waals surface area contributed by atoms with E-state index in [9.17, 15) is 4.79 Å². The summed E-state index contributed by atoms with van der Waals surface area (Å²) < 4.78 is 0.968. The number of carbonyl (C=O) groups is 1. The van der Waals surface area contributed by atoms with E-state index in [4.69, 9.17) is 10.8 Å². The molecule has 3 rings (SSSR count). The van der Waals surface area contributed by atoms with Crippen molar-refractivity contribution in [1.29, 1.82) is 0 Å². The van der Waals surface area contributed by atoms with Crippen LogP contribution in [-0.2, 0) is 0 Å². The van der Waals surface area contributed by atoms with Gasteiger partial charge in [-0.25, -0.2) is 9.78 Å². The summed E-state index contributed by atoms with van der Waals surface area (Å²) in [6.45, 7) is 0. The molecule has 1 aromatic carbocycles. The quantitative estimate of drug-likeness (QED) is 0.535. The van der Waals surface area contributed by atoms with Crippen LogP contribution in [0.1, 0.15) is 9.67 Å². The third kappa shape index (κ3) is 2.87. The lowest BCUT2D eigenvalue weighted by molar-refractivity contribution is 0.0702. The molecule has 7 heteroatoms. The van der Waals surface area contributed by atoms with Crippen LogP contribution in [0.3, 0.4) is 0 Å². The molecule has 0 spiro atoms. The molecule has 3 aromatic rings. The molecule has 112 valence electrons. The van der Waals surface area contributed by atoms with Gasteiger partial charge in [-0.15, -0.1) is 34.4 Å². The number of nitrogens with two attached hydrogens (primary N) is 1. The number of thioether (sulfide) groups is 1. The summed E-state index contributed by atoms with van der Waals surface area (Å²) >= 11 is 4.34. The molecular formula is C15H12N2O2S3. The SMILES string of the molecule is CSc1sc(C(=O)O)cc1-c1nc(-c2ccc(N)cc2)cs1. The fraction of sp³-hybridized carbons (Fsp3) is 0.0667. The molecule has 0 aliphatic carbocycles. The van der Waals surface area contributed by atoms with Crippen LogP contribution in [0.5, 0.6) is 0 Å². The maximum atomic E-state index is 11.1. The number of thiazole rings is 1. The summed E-state index contributed by atoms with van der Waals surface area (Å²) in [6, 6.07) is 9.24. The summed E-state index contributed by atoms with van der Waals surface area (Å²) in [5, 5.41) is 12.0. The van der Waals surface area contributed by atoms with E-state index < -0.39 is 5.97 Å². The van der Waals surface area contributed by atoms with Gasteiger partial charge >= 0.3 is 5.97 Å². The summed E-state index contributed by atoms with van der Waals surface area (Å²) in [5.41, 5.74) is 9.17. The van der Waals surface area contributed by atoms with Gasteiger partial charge in [0, 0.05) is 22.2 Å². The third-order valence-electron chi connectivity index (χ3n) is 3.04. The first-order valence-corrected chi connectivity index (χ1v) is 9.23. The van der Waals surface area contributed by atoms with E-state index in [1.54, 1.807) is 17.8 Å². The molecular weight excluding hydrogens is 336 g/mol. The molecule has 0 saturated heterocycles. The highest BCUT2D eigenvalue weighted by Crippen LogP contribution is 2.40. The number of rotatable bonds is 4. The van der Waals surface area contributed by atoms with Crippen LogP contribution in [-0.4, -0.2) is 22.3 Å². The number of nitrogen functional groups attached to an aromatic ring is 1. The van der Waals surface area contributed by atoms with E-state index in [-0.39, 0.29) is 0 Å². The number of anilines is 1.